The van der Waals surface area contributed by atoms with Crippen molar-refractivity contribution < 1.29 is 9.59 Å². The standard InChI is InChI=1S/C26H19NO2/c28-25-21-15-7-13-20-14-8-16-22(24(20)21)26(29)27(25)23(19-11-5-2-6-12-19)17-18-9-3-1-4-10-18/h1-16,23H,17H2. The second kappa shape index (κ2) is 7.02. The van der Waals surface area contributed by atoms with E-state index in [1.54, 1.807) is 0 Å². The maximum Gasteiger partial charge on any atom is 0.261 e. The van der Waals surface area contributed by atoms with E-state index in [9.17, 15) is 9.59 Å². The SMILES string of the molecule is O=C1c2cccc3cccc(c23)C(=O)N1C(Cc1ccccc1)c1ccccc1. The lowest BCUT2D eigenvalue weighted by Crippen LogP contribution is -2.43. The van der Waals surface area contributed by atoms with Crippen LogP contribution in [0.15, 0.2) is 97.1 Å². The summed E-state index contributed by atoms with van der Waals surface area (Å²) in [5, 5.41) is 1.67. The number of nitrogens with zero attached hydrogens (tertiary/aromatic N) is 1. The number of carbonyl (C=O) groups excluding carboxylic acids is 2. The molecule has 5 rings (SSSR count). The van der Waals surface area contributed by atoms with Gasteiger partial charge in [0.25, 0.3) is 11.8 Å². The molecular weight excluding hydrogens is 358 g/mol. The molecule has 0 saturated carbocycles. The minimum atomic E-state index is -0.373. The number of benzene rings is 4. The number of rotatable bonds is 4. The van der Waals surface area contributed by atoms with E-state index in [0.29, 0.717) is 17.5 Å². The molecule has 1 atom stereocenters. The summed E-state index contributed by atoms with van der Waals surface area (Å²) in [6.45, 7) is 0. The zero-order valence-corrected chi connectivity index (χ0v) is 15.8. The minimum Gasteiger partial charge on any atom is -0.269 e. The van der Waals surface area contributed by atoms with Gasteiger partial charge in [-0.2, -0.15) is 0 Å². The third-order valence-corrected chi connectivity index (χ3v) is 5.57. The second-order valence-corrected chi connectivity index (χ2v) is 7.31. The Morgan fingerprint density at radius 2 is 1.17 bits per heavy atom. The van der Waals surface area contributed by atoms with Crippen LogP contribution in [-0.2, 0) is 6.42 Å². The van der Waals surface area contributed by atoms with Crippen LogP contribution < -0.4 is 0 Å². The van der Waals surface area contributed by atoms with E-state index in [-0.39, 0.29) is 17.9 Å². The van der Waals surface area contributed by atoms with E-state index in [2.05, 4.69) is 0 Å². The highest BCUT2D eigenvalue weighted by Gasteiger charge is 2.37. The average Bonchev–Trinajstić information content (AvgIpc) is 2.78. The molecule has 0 N–H and O–H groups in total. The quantitative estimate of drug-likeness (QED) is 0.445. The fourth-order valence-corrected chi connectivity index (χ4v) is 4.20. The molecule has 2 amide bonds. The summed E-state index contributed by atoms with van der Waals surface area (Å²) in [5.41, 5.74) is 3.21. The Morgan fingerprint density at radius 3 is 1.76 bits per heavy atom. The van der Waals surface area contributed by atoms with E-state index in [4.69, 9.17) is 0 Å². The first-order chi connectivity index (χ1) is 14.2. The van der Waals surface area contributed by atoms with Crippen molar-refractivity contribution in [3.63, 3.8) is 0 Å². The topological polar surface area (TPSA) is 37.4 Å². The molecule has 140 valence electrons. The molecule has 1 unspecified atom stereocenters. The van der Waals surface area contributed by atoms with Gasteiger partial charge in [0.2, 0.25) is 0 Å². The van der Waals surface area contributed by atoms with E-state index >= 15 is 0 Å². The predicted octanol–water partition coefficient (Wildman–Crippen LogP) is 5.42. The van der Waals surface area contributed by atoms with Crippen molar-refractivity contribution in [1.82, 2.24) is 4.90 Å². The molecule has 0 saturated heterocycles. The number of carbonyl (C=O) groups is 2. The Hall–Kier alpha value is -3.72. The van der Waals surface area contributed by atoms with Gasteiger partial charge in [0.05, 0.1) is 6.04 Å². The molecule has 1 aliphatic heterocycles. The highest BCUT2D eigenvalue weighted by molar-refractivity contribution is 6.25. The highest BCUT2D eigenvalue weighted by atomic mass is 16.2. The molecule has 1 heterocycles. The van der Waals surface area contributed by atoms with Crippen molar-refractivity contribution in [3.8, 4) is 0 Å². The Bertz CT molecular complexity index is 1160. The Balaban J connectivity index is 1.66. The summed E-state index contributed by atoms with van der Waals surface area (Å²) >= 11 is 0. The number of hydrogen-bond donors (Lipinski definition) is 0. The third-order valence-electron chi connectivity index (χ3n) is 5.57. The molecule has 4 aromatic carbocycles. The van der Waals surface area contributed by atoms with Gasteiger partial charge in [0, 0.05) is 16.5 Å². The molecule has 0 spiro atoms. The van der Waals surface area contributed by atoms with Gasteiger partial charge in [-0.25, -0.2) is 0 Å². The van der Waals surface area contributed by atoms with Crippen molar-refractivity contribution in [1.29, 1.82) is 0 Å². The highest BCUT2D eigenvalue weighted by Crippen LogP contribution is 2.36. The van der Waals surface area contributed by atoms with Crippen LogP contribution in [0.5, 0.6) is 0 Å². The Labute approximate surface area is 169 Å². The number of hydrogen-bond acceptors (Lipinski definition) is 2. The fraction of sp³-hybridized carbons (Fsp3) is 0.0769. The van der Waals surface area contributed by atoms with Gasteiger partial charge in [-0.1, -0.05) is 84.9 Å². The second-order valence-electron chi connectivity index (χ2n) is 7.31. The Kier molecular flexibility index (Phi) is 4.21. The molecule has 4 aromatic rings. The van der Waals surface area contributed by atoms with Crippen LogP contribution in [0.25, 0.3) is 10.8 Å². The van der Waals surface area contributed by atoms with Crippen molar-refractivity contribution in [3.05, 3.63) is 119 Å². The molecular formula is C26H19NO2. The van der Waals surface area contributed by atoms with Crippen molar-refractivity contribution in [2.24, 2.45) is 0 Å². The first kappa shape index (κ1) is 17.4. The average molecular weight is 377 g/mol. The number of imide groups is 1. The maximum atomic E-state index is 13.5. The first-order valence-electron chi connectivity index (χ1n) is 9.72. The molecule has 0 aliphatic carbocycles. The molecule has 1 aliphatic rings. The fourth-order valence-electron chi connectivity index (χ4n) is 4.20. The summed E-state index contributed by atoms with van der Waals surface area (Å²) < 4.78 is 0. The van der Waals surface area contributed by atoms with Gasteiger partial charge in [0.1, 0.15) is 0 Å². The smallest absolute Gasteiger partial charge is 0.261 e. The zero-order valence-electron chi connectivity index (χ0n) is 15.8. The molecule has 0 fully saturated rings. The molecule has 3 heteroatoms. The van der Waals surface area contributed by atoms with Crippen LogP contribution in [0.2, 0.25) is 0 Å². The monoisotopic (exact) mass is 377 g/mol. The van der Waals surface area contributed by atoms with Crippen LogP contribution in [0, 0.1) is 0 Å². The van der Waals surface area contributed by atoms with E-state index in [1.165, 1.54) is 4.90 Å². The van der Waals surface area contributed by atoms with E-state index in [1.807, 2.05) is 97.1 Å². The molecule has 3 nitrogen and oxygen atoms in total. The third kappa shape index (κ3) is 2.92. The van der Waals surface area contributed by atoms with Crippen LogP contribution >= 0.6 is 0 Å². The summed E-state index contributed by atoms with van der Waals surface area (Å²) in [7, 11) is 0. The Morgan fingerprint density at radius 1 is 0.621 bits per heavy atom. The van der Waals surface area contributed by atoms with Gasteiger partial charge in [-0.3, -0.25) is 14.5 Å². The largest absolute Gasteiger partial charge is 0.269 e. The summed E-state index contributed by atoms with van der Waals surface area (Å²) in [5.74, 6) is -0.465. The predicted molar refractivity (Wildman–Crippen MR) is 114 cm³/mol. The molecule has 0 aromatic heterocycles. The molecule has 29 heavy (non-hydrogen) atoms. The normalized spacial score (nSPS) is 14.3. The van der Waals surface area contributed by atoms with Crippen LogP contribution in [0.3, 0.4) is 0 Å². The number of amides is 2. The van der Waals surface area contributed by atoms with Gasteiger partial charge in [-0.05, 0) is 35.1 Å². The molecule has 0 radical (unpaired) electrons. The van der Waals surface area contributed by atoms with E-state index < -0.39 is 0 Å². The van der Waals surface area contributed by atoms with Gasteiger partial charge >= 0.3 is 0 Å². The van der Waals surface area contributed by atoms with Gasteiger partial charge < -0.3 is 0 Å². The van der Waals surface area contributed by atoms with Crippen molar-refractivity contribution in [2.75, 3.05) is 0 Å². The summed E-state index contributed by atoms with van der Waals surface area (Å²) in [4.78, 5) is 28.5. The summed E-state index contributed by atoms with van der Waals surface area (Å²) in [6.07, 6.45) is 0.570. The van der Waals surface area contributed by atoms with Crippen molar-refractivity contribution >= 4 is 22.6 Å². The van der Waals surface area contributed by atoms with Gasteiger partial charge in [0.15, 0.2) is 0 Å². The first-order valence-corrected chi connectivity index (χ1v) is 9.72. The van der Waals surface area contributed by atoms with Crippen LogP contribution in [0.1, 0.15) is 37.9 Å². The van der Waals surface area contributed by atoms with E-state index in [0.717, 1.165) is 21.9 Å². The summed E-state index contributed by atoms with van der Waals surface area (Å²) in [6, 6.07) is 30.7. The van der Waals surface area contributed by atoms with Crippen molar-refractivity contribution in [2.45, 2.75) is 12.5 Å². The lowest BCUT2D eigenvalue weighted by Gasteiger charge is -2.34. The zero-order chi connectivity index (χ0) is 19.8. The molecule has 0 bridgehead atoms. The van der Waals surface area contributed by atoms with Gasteiger partial charge in [-0.15, -0.1) is 0 Å². The van der Waals surface area contributed by atoms with Crippen LogP contribution in [0.4, 0.5) is 0 Å². The maximum absolute atomic E-state index is 13.5. The lowest BCUT2D eigenvalue weighted by atomic mass is 9.90. The van der Waals surface area contributed by atoms with Crippen LogP contribution in [-0.4, -0.2) is 16.7 Å². The lowest BCUT2D eigenvalue weighted by molar-refractivity contribution is 0.0535. The minimum absolute atomic E-state index is 0.232.